The Labute approximate surface area is 241 Å². The molecule has 6 fully saturated rings. The number of ketones is 1. The minimum atomic E-state index is -1.55. The van der Waals surface area contributed by atoms with Crippen LogP contribution in [-0.4, -0.2) is 100 Å². The minimum absolute atomic E-state index is 0.0312. The molecule has 0 radical (unpaired) electrons. The third kappa shape index (κ3) is 3.18. The molecule has 3 N–H and O–H groups in total. The SMILES string of the molecule is CCN1C[C@]2(OC(=O)c3ccccc3CC(C)=O)CC[C@H](O)C34C1C(C[C@@H]32)[C@@]1(O)C[C@H](OC)[C@H]2C[C@@H]4[C@]1(O)[C@H]2OC. The lowest BCUT2D eigenvalue weighted by atomic mass is 9.44. The zero-order valence-electron chi connectivity index (χ0n) is 24.4. The highest BCUT2D eigenvalue weighted by molar-refractivity contribution is 5.93. The van der Waals surface area contributed by atoms with Gasteiger partial charge >= 0.3 is 5.97 Å². The van der Waals surface area contributed by atoms with Gasteiger partial charge in [-0.05, 0) is 50.8 Å². The number of esters is 1. The highest BCUT2D eigenvalue weighted by Crippen LogP contribution is 2.79. The number of rotatable bonds is 7. The highest BCUT2D eigenvalue weighted by atomic mass is 16.6. The molecule has 9 heteroatoms. The first-order valence-corrected chi connectivity index (χ1v) is 15.3. The van der Waals surface area contributed by atoms with Gasteiger partial charge in [-0.2, -0.15) is 0 Å². The topological polar surface area (TPSA) is 126 Å². The smallest absolute Gasteiger partial charge is 0.339 e. The van der Waals surface area contributed by atoms with E-state index in [-0.39, 0.29) is 42.1 Å². The molecule has 1 saturated heterocycles. The van der Waals surface area contributed by atoms with Crippen molar-refractivity contribution in [2.75, 3.05) is 27.3 Å². The zero-order chi connectivity index (χ0) is 29.1. The third-order valence-electron chi connectivity index (χ3n) is 12.6. The Morgan fingerprint density at radius 1 is 1.10 bits per heavy atom. The quantitative estimate of drug-likeness (QED) is 0.421. The number of likely N-dealkylation sites (N-methyl/N-ethyl adjacent to an activating group) is 1. The van der Waals surface area contributed by atoms with E-state index < -0.39 is 46.3 Å². The van der Waals surface area contributed by atoms with Gasteiger partial charge in [0.25, 0.3) is 0 Å². The van der Waals surface area contributed by atoms with Crippen LogP contribution in [0.25, 0.3) is 0 Å². The van der Waals surface area contributed by atoms with E-state index in [1.807, 2.05) is 6.07 Å². The highest BCUT2D eigenvalue weighted by Gasteiger charge is 2.88. The van der Waals surface area contributed by atoms with Crippen molar-refractivity contribution in [1.29, 1.82) is 0 Å². The monoisotopic (exact) mass is 569 g/mol. The van der Waals surface area contributed by atoms with Gasteiger partial charge in [-0.25, -0.2) is 4.79 Å². The van der Waals surface area contributed by atoms with Crippen LogP contribution in [0.4, 0.5) is 0 Å². The lowest BCUT2D eigenvalue weighted by molar-refractivity contribution is -0.336. The number of methoxy groups -OCH3 is 2. The maximum absolute atomic E-state index is 14.0. The van der Waals surface area contributed by atoms with Crippen LogP contribution in [0.15, 0.2) is 24.3 Å². The van der Waals surface area contributed by atoms with Gasteiger partial charge in [0.2, 0.25) is 0 Å². The van der Waals surface area contributed by atoms with Crippen molar-refractivity contribution in [3.05, 3.63) is 35.4 Å². The number of nitrogens with zero attached hydrogens (tertiary/aromatic N) is 1. The van der Waals surface area contributed by atoms with E-state index in [1.54, 1.807) is 32.4 Å². The second-order valence-electron chi connectivity index (χ2n) is 13.8. The Bertz CT molecular complexity index is 1270. The summed E-state index contributed by atoms with van der Waals surface area (Å²) in [4.78, 5) is 28.2. The fraction of sp³-hybridized carbons (Fsp3) is 0.750. The van der Waals surface area contributed by atoms with Crippen LogP contribution in [0.2, 0.25) is 0 Å². The van der Waals surface area contributed by atoms with Gasteiger partial charge in [0.1, 0.15) is 22.6 Å². The number of aliphatic hydroxyl groups excluding tert-OH is 1. The Morgan fingerprint density at radius 3 is 2.54 bits per heavy atom. The molecule has 41 heavy (non-hydrogen) atoms. The molecule has 7 rings (SSSR count). The summed E-state index contributed by atoms with van der Waals surface area (Å²) in [7, 11) is 3.25. The van der Waals surface area contributed by atoms with Crippen molar-refractivity contribution in [2.45, 2.75) is 93.5 Å². The number of carbonyl (C=O) groups is 2. The molecule has 7 bridgehead atoms. The Balaban J connectivity index is 1.36. The standard InChI is InChI=1S/C32H43NO8/c1-5-33-16-29(41-28(36)19-9-7-6-8-18(19)12-17(2)34)11-10-25(35)31-23(29)14-21(26(31)33)30(37)15-22(39-3)20-13-24(31)32(30,38)27(20)40-4/h6-9,20-27,35,37-38H,5,10-16H2,1-4H3/t20-,21?,22+,23-,24+,25+,26?,27+,29-,30+,31?,32+/m1/s1. The molecule has 1 aromatic carbocycles. The number of piperidine rings is 1. The van der Waals surface area contributed by atoms with E-state index >= 15 is 0 Å². The summed E-state index contributed by atoms with van der Waals surface area (Å²) in [5.74, 6) is -1.63. The number of aliphatic hydroxyl groups is 3. The molecule has 12 atom stereocenters. The van der Waals surface area contributed by atoms with Crippen LogP contribution in [0.5, 0.6) is 0 Å². The summed E-state index contributed by atoms with van der Waals surface area (Å²) in [6.07, 6.45) is 0.908. The normalized spacial score (nSPS) is 49.1. The van der Waals surface area contributed by atoms with E-state index in [4.69, 9.17) is 14.2 Å². The van der Waals surface area contributed by atoms with Gasteiger partial charge < -0.3 is 29.5 Å². The largest absolute Gasteiger partial charge is 0.454 e. The molecule has 1 aromatic rings. The van der Waals surface area contributed by atoms with E-state index in [0.717, 1.165) is 0 Å². The van der Waals surface area contributed by atoms with Crippen LogP contribution in [0, 0.1) is 29.1 Å². The van der Waals surface area contributed by atoms with Crippen molar-refractivity contribution >= 4 is 11.8 Å². The van der Waals surface area contributed by atoms with Gasteiger partial charge in [0.05, 0.1) is 23.9 Å². The van der Waals surface area contributed by atoms with Crippen LogP contribution in [0.3, 0.4) is 0 Å². The van der Waals surface area contributed by atoms with Gasteiger partial charge in [0.15, 0.2) is 0 Å². The van der Waals surface area contributed by atoms with E-state index in [2.05, 4.69) is 11.8 Å². The van der Waals surface area contributed by atoms with Crippen molar-refractivity contribution in [2.24, 2.45) is 29.1 Å². The van der Waals surface area contributed by atoms with Crippen LogP contribution >= 0.6 is 0 Å². The summed E-state index contributed by atoms with van der Waals surface area (Å²) in [6, 6.07) is 6.95. The van der Waals surface area contributed by atoms with E-state index in [9.17, 15) is 24.9 Å². The van der Waals surface area contributed by atoms with Crippen molar-refractivity contribution in [1.82, 2.24) is 4.90 Å². The minimum Gasteiger partial charge on any atom is -0.454 e. The van der Waals surface area contributed by atoms with Gasteiger partial charge in [-0.3, -0.25) is 9.69 Å². The summed E-state index contributed by atoms with van der Waals surface area (Å²) >= 11 is 0. The van der Waals surface area contributed by atoms with Gasteiger partial charge in [0, 0.05) is 68.7 Å². The number of benzene rings is 1. The molecule has 1 heterocycles. The molecule has 0 amide bonds. The average Bonchev–Trinajstić information content (AvgIpc) is 3.37. The molecule has 5 saturated carbocycles. The first-order chi connectivity index (χ1) is 19.5. The second-order valence-corrected chi connectivity index (χ2v) is 13.8. The molecule has 224 valence electrons. The predicted octanol–water partition coefficient (Wildman–Crippen LogP) is 1.74. The summed E-state index contributed by atoms with van der Waals surface area (Å²) in [6.45, 7) is 4.75. The lowest BCUT2D eigenvalue weighted by Crippen LogP contribution is -2.83. The molecule has 0 aromatic heterocycles. The van der Waals surface area contributed by atoms with Crippen LogP contribution < -0.4 is 0 Å². The van der Waals surface area contributed by atoms with Crippen LogP contribution in [-0.2, 0) is 25.4 Å². The Morgan fingerprint density at radius 2 is 1.85 bits per heavy atom. The Hall–Kier alpha value is -1.88. The number of Topliss-reactive ketones (excluding diaryl/α,β-unsaturated/α-hetero) is 1. The molecule has 1 aliphatic heterocycles. The fourth-order valence-corrected chi connectivity index (χ4v) is 11.5. The molecule has 1 spiro atoms. The lowest BCUT2D eigenvalue weighted by Gasteiger charge is -2.70. The van der Waals surface area contributed by atoms with Gasteiger partial charge in [-0.15, -0.1) is 0 Å². The van der Waals surface area contributed by atoms with Crippen LogP contribution in [0.1, 0.15) is 61.9 Å². The van der Waals surface area contributed by atoms with E-state index in [1.165, 1.54) is 6.92 Å². The number of likely N-dealkylation sites (tertiary alicyclic amines) is 1. The maximum Gasteiger partial charge on any atom is 0.339 e. The number of fused-ring (bicyclic) bond motifs is 2. The van der Waals surface area contributed by atoms with Crippen molar-refractivity contribution in [3.63, 3.8) is 0 Å². The summed E-state index contributed by atoms with van der Waals surface area (Å²) < 4.78 is 18.5. The zero-order valence-corrected chi connectivity index (χ0v) is 24.4. The van der Waals surface area contributed by atoms with E-state index in [0.29, 0.717) is 56.3 Å². The van der Waals surface area contributed by atoms with Gasteiger partial charge in [-0.1, -0.05) is 25.1 Å². The summed E-state index contributed by atoms with van der Waals surface area (Å²) in [5.41, 5.74) is -3.65. The first kappa shape index (κ1) is 27.9. The van der Waals surface area contributed by atoms with Crippen molar-refractivity contribution < 1.29 is 39.1 Å². The molecular weight excluding hydrogens is 526 g/mol. The molecule has 9 nitrogen and oxygen atoms in total. The first-order valence-electron chi connectivity index (χ1n) is 15.3. The number of carbonyl (C=O) groups excluding carboxylic acids is 2. The fourth-order valence-electron chi connectivity index (χ4n) is 11.5. The number of hydrogen-bond donors (Lipinski definition) is 3. The molecule has 3 unspecified atom stereocenters. The average molecular weight is 570 g/mol. The molecular formula is C32H43NO8. The molecule has 5 aliphatic carbocycles. The number of ether oxygens (including phenoxy) is 3. The summed E-state index contributed by atoms with van der Waals surface area (Å²) in [5, 5.41) is 37.5. The second kappa shape index (κ2) is 9.07. The maximum atomic E-state index is 14.0. The predicted molar refractivity (Wildman–Crippen MR) is 147 cm³/mol. The third-order valence-corrected chi connectivity index (χ3v) is 12.6. The van der Waals surface area contributed by atoms with Crippen molar-refractivity contribution in [3.8, 4) is 0 Å². The molecule has 6 aliphatic rings. The number of hydrogen-bond acceptors (Lipinski definition) is 9. The Kier molecular flexibility index (Phi) is 6.17.